The van der Waals surface area contributed by atoms with E-state index in [1.807, 2.05) is 19.1 Å². The Morgan fingerprint density at radius 3 is 2.11 bits per heavy atom. The molecule has 0 aromatic heterocycles. The Hall–Kier alpha value is -1.10. The first kappa shape index (κ1) is 16.0. The van der Waals surface area contributed by atoms with Crippen molar-refractivity contribution in [3.63, 3.8) is 0 Å². The summed E-state index contributed by atoms with van der Waals surface area (Å²) in [5.41, 5.74) is 2.40. The van der Waals surface area contributed by atoms with Crippen LogP contribution >= 0.6 is 0 Å². The van der Waals surface area contributed by atoms with Crippen LogP contribution < -0.4 is 4.74 Å². The Bertz CT molecular complexity index is 352. The van der Waals surface area contributed by atoms with Crippen LogP contribution in [0.4, 0.5) is 0 Å². The van der Waals surface area contributed by atoms with Crippen molar-refractivity contribution in [3.8, 4) is 5.75 Å². The highest BCUT2D eigenvalue weighted by molar-refractivity contribution is 5.35. The van der Waals surface area contributed by atoms with Gasteiger partial charge in [-0.25, -0.2) is 0 Å². The summed E-state index contributed by atoms with van der Waals surface area (Å²) in [6.45, 7) is 7.65. The molecule has 0 amide bonds. The Morgan fingerprint density at radius 1 is 0.842 bits per heavy atom. The molecule has 0 saturated carbocycles. The first-order valence-corrected chi connectivity index (χ1v) is 6.58. The van der Waals surface area contributed by atoms with Crippen LogP contribution in [-0.4, -0.2) is 46.8 Å². The van der Waals surface area contributed by atoms with Gasteiger partial charge < -0.3 is 18.9 Å². The maximum absolute atomic E-state index is 5.65. The van der Waals surface area contributed by atoms with E-state index in [0.29, 0.717) is 39.6 Å². The second kappa shape index (κ2) is 9.78. The Labute approximate surface area is 115 Å². The molecule has 1 aromatic carbocycles. The summed E-state index contributed by atoms with van der Waals surface area (Å²) in [6, 6.07) is 6.16. The van der Waals surface area contributed by atoms with Crippen LogP contribution in [0, 0.1) is 13.8 Å². The van der Waals surface area contributed by atoms with Gasteiger partial charge in [-0.3, -0.25) is 0 Å². The van der Waals surface area contributed by atoms with Gasteiger partial charge in [-0.05, 0) is 25.5 Å². The van der Waals surface area contributed by atoms with Crippen LogP contribution in [0.5, 0.6) is 5.75 Å². The number of benzene rings is 1. The quantitative estimate of drug-likeness (QED) is 0.610. The monoisotopic (exact) mass is 268 g/mol. The number of hydrogen-bond acceptors (Lipinski definition) is 4. The number of ether oxygens (including phenoxy) is 4. The van der Waals surface area contributed by atoms with Gasteiger partial charge in [-0.15, -0.1) is 0 Å². The molecule has 1 aromatic rings. The van der Waals surface area contributed by atoms with Crippen molar-refractivity contribution in [3.05, 3.63) is 29.3 Å². The van der Waals surface area contributed by atoms with Crippen molar-refractivity contribution >= 4 is 0 Å². The van der Waals surface area contributed by atoms with Gasteiger partial charge in [0.2, 0.25) is 0 Å². The molecule has 4 heteroatoms. The fourth-order valence-electron chi connectivity index (χ4n) is 1.64. The molecule has 0 radical (unpaired) electrons. The second-order valence-corrected chi connectivity index (χ2v) is 4.33. The third-order valence-electron chi connectivity index (χ3n) is 2.62. The van der Waals surface area contributed by atoms with Gasteiger partial charge in [0, 0.05) is 7.11 Å². The number of methoxy groups -OCH3 is 1. The first-order chi connectivity index (χ1) is 9.24. The van der Waals surface area contributed by atoms with E-state index in [9.17, 15) is 0 Å². The zero-order valence-corrected chi connectivity index (χ0v) is 12.1. The van der Waals surface area contributed by atoms with Crippen LogP contribution in [0.25, 0.3) is 0 Å². The Morgan fingerprint density at radius 2 is 1.47 bits per heavy atom. The highest BCUT2D eigenvalue weighted by atomic mass is 16.6. The predicted octanol–water partition coefficient (Wildman–Crippen LogP) is 2.36. The van der Waals surface area contributed by atoms with E-state index in [-0.39, 0.29) is 0 Å². The van der Waals surface area contributed by atoms with E-state index in [0.717, 1.165) is 11.3 Å². The molecule has 19 heavy (non-hydrogen) atoms. The largest absolute Gasteiger partial charge is 0.491 e. The molecule has 1 rings (SSSR count). The van der Waals surface area contributed by atoms with Crippen molar-refractivity contribution < 1.29 is 18.9 Å². The van der Waals surface area contributed by atoms with Gasteiger partial charge in [0.15, 0.2) is 0 Å². The SMILES string of the molecule is COCCOCCOCCOc1ccc(C)cc1C. The average Bonchev–Trinajstić information content (AvgIpc) is 2.39. The summed E-state index contributed by atoms with van der Waals surface area (Å²) in [6.07, 6.45) is 0. The van der Waals surface area contributed by atoms with E-state index in [1.165, 1.54) is 5.56 Å². The molecule has 0 aliphatic heterocycles. The van der Waals surface area contributed by atoms with Crippen LogP contribution in [0.15, 0.2) is 18.2 Å². The minimum Gasteiger partial charge on any atom is -0.491 e. The van der Waals surface area contributed by atoms with Gasteiger partial charge >= 0.3 is 0 Å². The van der Waals surface area contributed by atoms with Crippen LogP contribution in [0.1, 0.15) is 11.1 Å². The number of hydrogen-bond donors (Lipinski definition) is 0. The lowest BCUT2D eigenvalue weighted by molar-refractivity contribution is 0.0179. The molecule has 0 N–H and O–H groups in total. The van der Waals surface area contributed by atoms with Crippen molar-refractivity contribution in [2.75, 3.05) is 46.8 Å². The first-order valence-electron chi connectivity index (χ1n) is 6.58. The van der Waals surface area contributed by atoms with E-state index in [2.05, 4.69) is 13.0 Å². The summed E-state index contributed by atoms with van der Waals surface area (Å²) in [7, 11) is 1.66. The minimum absolute atomic E-state index is 0.558. The van der Waals surface area contributed by atoms with Crippen molar-refractivity contribution in [2.24, 2.45) is 0 Å². The lowest BCUT2D eigenvalue weighted by Gasteiger charge is -2.10. The molecule has 4 nitrogen and oxygen atoms in total. The summed E-state index contributed by atoms with van der Waals surface area (Å²) >= 11 is 0. The van der Waals surface area contributed by atoms with Crippen molar-refractivity contribution in [1.29, 1.82) is 0 Å². The predicted molar refractivity (Wildman–Crippen MR) is 74.9 cm³/mol. The normalized spacial score (nSPS) is 10.7. The maximum Gasteiger partial charge on any atom is 0.122 e. The zero-order valence-electron chi connectivity index (χ0n) is 12.1. The molecule has 0 atom stereocenters. The van der Waals surface area contributed by atoms with Gasteiger partial charge in [0.25, 0.3) is 0 Å². The lowest BCUT2D eigenvalue weighted by atomic mass is 10.1. The van der Waals surface area contributed by atoms with Gasteiger partial charge in [-0.1, -0.05) is 17.7 Å². The standard InChI is InChI=1S/C15H24O4/c1-13-4-5-15(14(2)12-13)19-11-10-18-9-8-17-7-6-16-3/h4-5,12H,6-11H2,1-3H3. The minimum atomic E-state index is 0.558. The van der Waals surface area contributed by atoms with E-state index in [1.54, 1.807) is 7.11 Å². The number of aryl methyl sites for hydroxylation is 2. The molecular formula is C15H24O4. The lowest BCUT2D eigenvalue weighted by Crippen LogP contribution is -2.12. The Balaban J connectivity index is 2.01. The van der Waals surface area contributed by atoms with Crippen molar-refractivity contribution in [1.82, 2.24) is 0 Å². The van der Waals surface area contributed by atoms with Crippen LogP contribution in [-0.2, 0) is 14.2 Å². The smallest absolute Gasteiger partial charge is 0.122 e. The maximum atomic E-state index is 5.65. The topological polar surface area (TPSA) is 36.9 Å². The molecule has 0 unspecified atom stereocenters. The molecule has 0 aliphatic rings. The molecule has 0 spiro atoms. The van der Waals surface area contributed by atoms with E-state index >= 15 is 0 Å². The zero-order chi connectivity index (χ0) is 13.9. The Kier molecular flexibility index (Phi) is 8.21. The van der Waals surface area contributed by atoms with Gasteiger partial charge in [-0.2, -0.15) is 0 Å². The molecule has 0 saturated heterocycles. The highest BCUT2D eigenvalue weighted by Crippen LogP contribution is 2.18. The van der Waals surface area contributed by atoms with E-state index in [4.69, 9.17) is 18.9 Å². The van der Waals surface area contributed by atoms with Crippen molar-refractivity contribution in [2.45, 2.75) is 13.8 Å². The summed E-state index contributed by atoms with van der Waals surface area (Å²) in [5, 5.41) is 0. The fraction of sp³-hybridized carbons (Fsp3) is 0.600. The molecule has 0 aliphatic carbocycles. The van der Waals surface area contributed by atoms with E-state index < -0.39 is 0 Å². The van der Waals surface area contributed by atoms with Gasteiger partial charge in [0.1, 0.15) is 12.4 Å². The third kappa shape index (κ3) is 7.15. The molecular weight excluding hydrogens is 244 g/mol. The van der Waals surface area contributed by atoms with Gasteiger partial charge in [0.05, 0.1) is 33.0 Å². The molecule has 108 valence electrons. The fourth-order valence-corrected chi connectivity index (χ4v) is 1.64. The molecule has 0 fully saturated rings. The average molecular weight is 268 g/mol. The highest BCUT2D eigenvalue weighted by Gasteiger charge is 1.99. The number of rotatable bonds is 10. The molecule has 0 heterocycles. The van der Waals surface area contributed by atoms with Crippen LogP contribution in [0.2, 0.25) is 0 Å². The summed E-state index contributed by atoms with van der Waals surface area (Å²) < 4.78 is 21.2. The van der Waals surface area contributed by atoms with Crippen LogP contribution in [0.3, 0.4) is 0 Å². The summed E-state index contributed by atoms with van der Waals surface area (Å²) in [4.78, 5) is 0. The summed E-state index contributed by atoms with van der Waals surface area (Å²) in [5.74, 6) is 0.922. The molecule has 0 bridgehead atoms. The third-order valence-corrected chi connectivity index (χ3v) is 2.62. The second-order valence-electron chi connectivity index (χ2n) is 4.33.